The van der Waals surface area contributed by atoms with E-state index in [9.17, 15) is 4.79 Å². The largest absolute Gasteiger partial charge is 0.444 e. The van der Waals surface area contributed by atoms with Gasteiger partial charge in [-0.2, -0.15) is 5.10 Å². The quantitative estimate of drug-likeness (QED) is 0.751. The molecule has 2 aromatic heterocycles. The topological polar surface area (TPSA) is 61.5 Å². The van der Waals surface area contributed by atoms with Crippen molar-refractivity contribution >= 4 is 6.09 Å². The Labute approximate surface area is 179 Å². The van der Waals surface area contributed by atoms with Crippen LogP contribution in [0.4, 0.5) is 4.79 Å². The Bertz CT molecular complexity index is 879. The van der Waals surface area contributed by atoms with Gasteiger partial charge in [-0.3, -0.25) is 4.68 Å². The standard InChI is InChI=1S/C23H36N4O3/c1-16-9-10-17(2)27(16)20-13-19(22(3,4)5)26(24-20)15-18-14-25(11-12-29-18)21(28)30-23(6,7)8/h9-10,13,18H,11-12,14-15H2,1-8H3/t18-/m1/s1. The summed E-state index contributed by atoms with van der Waals surface area (Å²) in [4.78, 5) is 14.2. The van der Waals surface area contributed by atoms with Gasteiger partial charge in [0.2, 0.25) is 0 Å². The number of hydrogen-bond donors (Lipinski definition) is 0. The smallest absolute Gasteiger partial charge is 0.410 e. The van der Waals surface area contributed by atoms with Gasteiger partial charge in [-0.15, -0.1) is 0 Å². The number of morpholine rings is 1. The first-order chi connectivity index (χ1) is 13.8. The summed E-state index contributed by atoms with van der Waals surface area (Å²) in [6, 6.07) is 6.37. The van der Waals surface area contributed by atoms with E-state index in [1.54, 1.807) is 4.90 Å². The minimum absolute atomic E-state index is 0.0697. The fourth-order valence-electron chi connectivity index (χ4n) is 3.80. The zero-order valence-corrected chi connectivity index (χ0v) is 19.7. The number of carbonyl (C=O) groups excluding carboxylic acids is 1. The maximum absolute atomic E-state index is 12.5. The Morgan fingerprint density at radius 2 is 1.80 bits per heavy atom. The molecular formula is C23H36N4O3. The first-order valence-electron chi connectivity index (χ1n) is 10.7. The first-order valence-corrected chi connectivity index (χ1v) is 10.7. The van der Waals surface area contributed by atoms with Crippen LogP contribution >= 0.6 is 0 Å². The molecular weight excluding hydrogens is 380 g/mol. The van der Waals surface area contributed by atoms with Gasteiger partial charge < -0.3 is 18.9 Å². The van der Waals surface area contributed by atoms with Crippen LogP contribution in [0.5, 0.6) is 0 Å². The highest BCUT2D eigenvalue weighted by Gasteiger charge is 2.30. The number of hydrogen-bond acceptors (Lipinski definition) is 4. The second kappa shape index (κ2) is 8.10. The van der Waals surface area contributed by atoms with Crippen molar-refractivity contribution in [3.05, 3.63) is 35.3 Å². The van der Waals surface area contributed by atoms with Crippen LogP contribution in [0, 0.1) is 13.8 Å². The van der Waals surface area contributed by atoms with Crippen LogP contribution < -0.4 is 0 Å². The number of aryl methyl sites for hydroxylation is 2. The van der Waals surface area contributed by atoms with Crippen molar-refractivity contribution in [2.24, 2.45) is 0 Å². The number of rotatable bonds is 3. The zero-order chi connectivity index (χ0) is 22.3. The third kappa shape index (κ3) is 5.06. The number of aromatic nitrogens is 3. The van der Waals surface area contributed by atoms with E-state index in [1.165, 1.54) is 0 Å². The van der Waals surface area contributed by atoms with Crippen molar-refractivity contribution in [3.63, 3.8) is 0 Å². The van der Waals surface area contributed by atoms with Crippen LogP contribution in [0.3, 0.4) is 0 Å². The van der Waals surface area contributed by atoms with Crippen LogP contribution in [0.2, 0.25) is 0 Å². The van der Waals surface area contributed by atoms with Gasteiger partial charge >= 0.3 is 6.09 Å². The van der Waals surface area contributed by atoms with E-state index < -0.39 is 5.60 Å². The predicted octanol–water partition coefficient (Wildman–Crippen LogP) is 4.22. The van der Waals surface area contributed by atoms with Crippen LogP contribution in [0.1, 0.15) is 58.6 Å². The molecule has 3 heterocycles. The lowest BCUT2D eigenvalue weighted by atomic mass is 9.92. The van der Waals surface area contributed by atoms with Crippen LogP contribution in [-0.4, -0.2) is 56.7 Å². The van der Waals surface area contributed by atoms with E-state index in [-0.39, 0.29) is 17.6 Å². The van der Waals surface area contributed by atoms with Gasteiger partial charge in [-0.05, 0) is 46.8 Å². The van der Waals surface area contributed by atoms with Crippen LogP contribution in [-0.2, 0) is 21.4 Å². The van der Waals surface area contributed by atoms with E-state index in [1.807, 2.05) is 25.5 Å². The lowest BCUT2D eigenvalue weighted by Gasteiger charge is -2.34. The van der Waals surface area contributed by atoms with Gasteiger partial charge in [0.25, 0.3) is 0 Å². The summed E-state index contributed by atoms with van der Waals surface area (Å²) in [5.74, 6) is 0.916. The molecule has 0 unspecified atom stereocenters. The Morgan fingerprint density at radius 1 is 1.17 bits per heavy atom. The first kappa shape index (κ1) is 22.4. The summed E-state index contributed by atoms with van der Waals surface area (Å²) in [7, 11) is 0. The lowest BCUT2D eigenvalue weighted by Crippen LogP contribution is -2.48. The molecule has 1 amide bonds. The van der Waals surface area contributed by atoms with Gasteiger partial charge in [-0.25, -0.2) is 4.79 Å². The highest BCUT2D eigenvalue weighted by Crippen LogP contribution is 2.27. The Balaban J connectivity index is 1.82. The molecule has 0 spiro atoms. The fourth-order valence-corrected chi connectivity index (χ4v) is 3.80. The van der Waals surface area contributed by atoms with E-state index in [4.69, 9.17) is 14.6 Å². The number of carbonyl (C=O) groups is 1. The molecule has 1 saturated heterocycles. The SMILES string of the molecule is Cc1ccc(C)n1-c1cc(C(C)(C)C)n(C[C@H]2CN(C(=O)OC(C)(C)C)CCO2)n1. The van der Waals surface area contributed by atoms with Gasteiger partial charge in [-0.1, -0.05) is 20.8 Å². The molecule has 1 atom stereocenters. The van der Waals surface area contributed by atoms with Crippen molar-refractivity contribution in [2.45, 2.75) is 79.1 Å². The van der Waals surface area contributed by atoms with Gasteiger partial charge in [0.1, 0.15) is 5.60 Å². The van der Waals surface area contributed by atoms with Crippen molar-refractivity contribution in [3.8, 4) is 5.82 Å². The molecule has 3 rings (SSSR count). The fraction of sp³-hybridized carbons (Fsp3) is 0.652. The molecule has 1 fully saturated rings. The third-order valence-electron chi connectivity index (χ3n) is 5.20. The third-order valence-corrected chi connectivity index (χ3v) is 5.20. The minimum Gasteiger partial charge on any atom is -0.444 e. The average Bonchev–Trinajstić information content (AvgIpc) is 3.16. The average molecular weight is 417 g/mol. The van der Waals surface area contributed by atoms with Crippen LogP contribution in [0.25, 0.3) is 5.82 Å². The van der Waals surface area contributed by atoms with E-state index in [0.29, 0.717) is 26.2 Å². The molecule has 0 bridgehead atoms. The molecule has 7 nitrogen and oxygen atoms in total. The molecule has 0 saturated carbocycles. The van der Waals surface area contributed by atoms with Gasteiger partial charge in [0.15, 0.2) is 5.82 Å². The lowest BCUT2D eigenvalue weighted by molar-refractivity contribution is -0.0487. The van der Waals surface area contributed by atoms with E-state index in [2.05, 4.69) is 57.4 Å². The molecule has 0 N–H and O–H groups in total. The Morgan fingerprint density at radius 3 is 2.37 bits per heavy atom. The monoisotopic (exact) mass is 416 g/mol. The molecule has 0 radical (unpaired) electrons. The highest BCUT2D eigenvalue weighted by atomic mass is 16.6. The summed E-state index contributed by atoms with van der Waals surface area (Å²) in [5, 5.41) is 4.93. The second-order valence-electron chi connectivity index (χ2n) is 10.2. The summed E-state index contributed by atoms with van der Waals surface area (Å²) < 4.78 is 15.7. The zero-order valence-electron chi connectivity index (χ0n) is 19.7. The number of nitrogens with zero attached hydrogens (tertiary/aromatic N) is 4. The molecule has 0 aromatic carbocycles. The summed E-state index contributed by atoms with van der Waals surface area (Å²) in [5.41, 5.74) is 2.88. The van der Waals surface area contributed by atoms with Crippen molar-refractivity contribution < 1.29 is 14.3 Å². The molecule has 30 heavy (non-hydrogen) atoms. The maximum atomic E-state index is 12.5. The number of ether oxygens (including phenoxy) is 2. The summed E-state index contributed by atoms with van der Waals surface area (Å²) in [6.07, 6.45) is -0.418. The van der Waals surface area contributed by atoms with E-state index >= 15 is 0 Å². The Kier molecular flexibility index (Phi) is 6.05. The molecule has 166 valence electrons. The maximum Gasteiger partial charge on any atom is 0.410 e. The number of amides is 1. The predicted molar refractivity (Wildman–Crippen MR) is 117 cm³/mol. The normalized spacial score (nSPS) is 18.0. The molecule has 1 aliphatic heterocycles. The Hall–Kier alpha value is -2.28. The van der Waals surface area contributed by atoms with E-state index in [0.717, 1.165) is 22.9 Å². The minimum atomic E-state index is -0.506. The summed E-state index contributed by atoms with van der Waals surface area (Å²) in [6.45, 7) is 18.5. The second-order valence-corrected chi connectivity index (χ2v) is 10.2. The van der Waals surface area contributed by atoms with Crippen molar-refractivity contribution in [1.82, 2.24) is 19.2 Å². The van der Waals surface area contributed by atoms with Gasteiger partial charge in [0.05, 0.1) is 25.8 Å². The van der Waals surface area contributed by atoms with Crippen molar-refractivity contribution in [2.75, 3.05) is 19.7 Å². The highest BCUT2D eigenvalue weighted by molar-refractivity contribution is 5.68. The molecule has 2 aromatic rings. The molecule has 0 aliphatic carbocycles. The van der Waals surface area contributed by atoms with Crippen molar-refractivity contribution in [1.29, 1.82) is 0 Å². The summed E-state index contributed by atoms with van der Waals surface area (Å²) >= 11 is 0. The molecule has 1 aliphatic rings. The molecule has 7 heteroatoms. The van der Waals surface area contributed by atoms with Crippen LogP contribution in [0.15, 0.2) is 18.2 Å². The van der Waals surface area contributed by atoms with Gasteiger partial charge in [0, 0.05) is 35.1 Å².